The standard InChI is InChI=1S/C16H18N2O3/c1-4-17-16(18-9-11-2-5-19-6-3-11)13-8-15-14(7-12(1)13)20-10-21-15/h1,4,7-8,11H,2-3,5-6,9-10H2,(H,17,18). The highest BCUT2D eigenvalue weighted by atomic mass is 16.7. The van der Waals surface area contributed by atoms with Crippen molar-refractivity contribution in [2.24, 2.45) is 5.92 Å². The van der Waals surface area contributed by atoms with Crippen molar-refractivity contribution in [2.75, 3.05) is 31.9 Å². The number of anilines is 1. The summed E-state index contributed by atoms with van der Waals surface area (Å²) in [5.74, 6) is 3.18. The largest absolute Gasteiger partial charge is 0.454 e. The molecule has 5 heteroatoms. The second-order valence-electron chi connectivity index (χ2n) is 5.52. The molecule has 1 N–H and O–H groups in total. The predicted molar refractivity (Wildman–Crippen MR) is 79.9 cm³/mol. The van der Waals surface area contributed by atoms with E-state index in [2.05, 4.69) is 10.3 Å². The number of hydrogen-bond acceptors (Lipinski definition) is 5. The normalized spacial score (nSPS) is 18.1. The second-order valence-corrected chi connectivity index (χ2v) is 5.52. The number of hydrogen-bond donors (Lipinski definition) is 1. The van der Waals surface area contributed by atoms with Crippen LogP contribution in [0.1, 0.15) is 12.8 Å². The molecule has 0 spiro atoms. The molecule has 0 amide bonds. The van der Waals surface area contributed by atoms with Crippen molar-refractivity contribution in [3.8, 4) is 11.5 Å². The molecule has 3 heterocycles. The smallest absolute Gasteiger partial charge is 0.231 e. The fourth-order valence-electron chi connectivity index (χ4n) is 2.89. The maximum absolute atomic E-state index is 5.46. The molecule has 1 saturated heterocycles. The zero-order valence-electron chi connectivity index (χ0n) is 11.8. The number of pyridine rings is 1. The molecule has 0 bridgehead atoms. The van der Waals surface area contributed by atoms with Crippen LogP contribution in [0, 0.1) is 5.92 Å². The lowest BCUT2D eigenvalue weighted by Gasteiger charge is -2.22. The van der Waals surface area contributed by atoms with Gasteiger partial charge in [-0.3, -0.25) is 0 Å². The Morgan fingerprint density at radius 1 is 1.14 bits per heavy atom. The number of nitrogens with zero attached hydrogens (tertiary/aromatic N) is 1. The van der Waals surface area contributed by atoms with Crippen LogP contribution in [0.2, 0.25) is 0 Å². The van der Waals surface area contributed by atoms with Crippen LogP contribution in [0.25, 0.3) is 10.8 Å². The average Bonchev–Trinajstić information content (AvgIpc) is 2.99. The van der Waals surface area contributed by atoms with Gasteiger partial charge in [0.2, 0.25) is 6.79 Å². The Kier molecular flexibility index (Phi) is 3.27. The van der Waals surface area contributed by atoms with Gasteiger partial charge in [-0.1, -0.05) is 0 Å². The second kappa shape index (κ2) is 5.41. The minimum Gasteiger partial charge on any atom is -0.454 e. The molecule has 5 nitrogen and oxygen atoms in total. The average molecular weight is 286 g/mol. The van der Waals surface area contributed by atoms with E-state index < -0.39 is 0 Å². The van der Waals surface area contributed by atoms with Crippen molar-refractivity contribution in [3.05, 3.63) is 24.4 Å². The van der Waals surface area contributed by atoms with E-state index in [4.69, 9.17) is 14.2 Å². The highest BCUT2D eigenvalue weighted by Crippen LogP contribution is 2.37. The van der Waals surface area contributed by atoms with Crippen LogP contribution in [0.3, 0.4) is 0 Å². The van der Waals surface area contributed by atoms with E-state index in [-0.39, 0.29) is 0 Å². The van der Waals surface area contributed by atoms with E-state index >= 15 is 0 Å². The van der Waals surface area contributed by atoms with E-state index in [1.807, 2.05) is 24.4 Å². The Hall–Kier alpha value is -2.01. The number of aromatic nitrogens is 1. The Balaban J connectivity index is 1.59. The summed E-state index contributed by atoms with van der Waals surface area (Å²) >= 11 is 0. The maximum atomic E-state index is 5.46. The van der Waals surface area contributed by atoms with E-state index in [0.717, 1.165) is 60.7 Å². The Morgan fingerprint density at radius 3 is 2.81 bits per heavy atom. The zero-order valence-corrected chi connectivity index (χ0v) is 11.8. The molecular weight excluding hydrogens is 268 g/mol. The molecule has 1 aromatic carbocycles. The summed E-state index contributed by atoms with van der Waals surface area (Å²) in [5.41, 5.74) is 0. The predicted octanol–water partition coefficient (Wildman–Crippen LogP) is 2.80. The quantitative estimate of drug-likeness (QED) is 0.940. The Morgan fingerprint density at radius 2 is 1.95 bits per heavy atom. The van der Waals surface area contributed by atoms with Gasteiger partial charge in [-0.05, 0) is 42.3 Å². The summed E-state index contributed by atoms with van der Waals surface area (Å²) in [4.78, 5) is 4.48. The van der Waals surface area contributed by atoms with E-state index in [1.165, 1.54) is 0 Å². The minimum absolute atomic E-state index is 0.296. The van der Waals surface area contributed by atoms with Crippen molar-refractivity contribution in [1.82, 2.24) is 4.98 Å². The molecular formula is C16H18N2O3. The Bertz CT molecular complexity index is 653. The lowest BCUT2D eigenvalue weighted by molar-refractivity contribution is 0.0699. The van der Waals surface area contributed by atoms with Gasteiger partial charge in [0.25, 0.3) is 0 Å². The van der Waals surface area contributed by atoms with Crippen LogP contribution in [0.15, 0.2) is 24.4 Å². The molecule has 2 aliphatic heterocycles. The summed E-state index contributed by atoms with van der Waals surface area (Å²) in [6.07, 6.45) is 4.06. The Labute approximate surface area is 123 Å². The lowest BCUT2D eigenvalue weighted by atomic mass is 10.0. The molecule has 0 saturated carbocycles. The number of benzene rings is 1. The van der Waals surface area contributed by atoms with Gasteiger partial charge in [-0.15, -0.1) is 0 Å². The van der Waals surface area contributed by atoms with Gasteiger partial charge in [-0.25, -0.2) is 4.98 Å². The van der Waals surface area contributed by atoms with Crippen molar-refractivity contribution in [1.29, 1.82) is 0 Å². The van der Waals surface area contributed by atoms with Gasteiger partial charge >= 0.3 is 0 Å². The SMILES string of the molecule is c1cc2cc3c(cc2c(NCC2CCOCC2)n1)OCO3. The van der Waals surface area contributed by atoms with Gasteiger partial charge < -0.3 is 19.5 Å². The first-order chi connectivity index (χ1) is 10.4. The summed E-state index contributed by atoms with van der Waals surface area (Å²) in [6.45, 7) is 2.97. The number of fused-ring (bicyclic) bond motifs is 2. The molecule has 2 aliphatic rings. The molecule has 0 radical (unpaired) electrons. The molecule has 2 aromatic rings. The van der Waals surface area contributed by atoms with E-state index in [9.17, 15) is 0 Å². The first-order valence-corrected chi connectivity index (χ1v) is 7.40. The van der Waals surface area contributed by atoms with Gasteiger partial charge in [0.05, 0.1) is 0 Å². The van der Waals surface area contributed by atoms with Gasteiger partial charge in [-0.2, -0.15) is 0 Å². The van der Waals surface area contributed by atoms with E-state index in [1.54, 1.807) is 0 Å². The molecule has 0 atom stereocenters. The fourth-order valence-corrected chi connectivity index (χ4v) is 2.89. The van der Waals surface area contributed by atoms with Crippen molar-refractivity contribution < 1.29 is 14.2 Å². The first kappa shape index (κ1) is 12.7. The van der Waals surface area contributed by atoms with Crippen LogP contribution in [0.5, 0.6) is 11.5 Å². The van der Waals surface area contributed by atoms with Crippen LogP contribution in [-0.2, 0) is 4.74 Å². The number of ether oxygens (including phenoxy) is 3. The van der Waals surface area contributed by atoms with Gasteiger partial charge in [0.15, 0.2) is 11.5 Å². The topological polar surface area (TPSA) is 52.6 Å². The van der Waals surface area contributed by atoms with Crippen LogP contribution < -0.4 is 14.8 Å². The monoisotopic (exact) mass is 286 g/mol. The van der Waals surface area contributed by atoms with Crippen molar-refractivity contribution in [3.63, 3.8) is 0 Å². The molecule has 0 unspecified atom stereocenters. The number of rotatable bonds is 3. The molecule has 110 valence electrons. The third kappa shape index (κ3) is 2.49. The molecule has 4 rings (SSSR count). The maximum Gasteiger partial charge on any atom is 0.231 e. The summed E-state index contributed by atoms with van der Waals surface area (Å²) in [5, 5.41) is 5.68. The van der Waals surface area contributed by atoms with Crippen LogP contribution >= 0.6 is 0 Å². The highest BCUT2D eigenvalue weighted by molar-refractivity contribution is 5.94. The molecule has 1 fully saturated rings. The minimum atomic E-state index is 0.296. The van der Waals surface area contributed by atoms with Gasteiger partial charge in [0.1, 0.15) is 5.82 Å². The summed E-state index contributed by atoms with van der Waals surface area (Å²) in [7, 11) is 0. The van der Waals surface area contributed by atoms with Crippen LogP contribution in [-0.4, -0.2) is 31.5 Å². The molecule has 0 aliphatic carbocycles. The van der Waals surface area contributed by atoms with E-state index in [0.29, 0.717) is 12.7 Å². The van der Waals surface area contributed by atoms with Crippen LogP contribution in [0.4, 0.5) is 5.82 Å². The first-order valence-electron chi connectivity index (χ1n) is 7.40. The highest BCUT2D eigenvalue weighted by Gasteiger charge is 2.17. The van der Waals surface area contributed by atoms with Gasteiger partial charge in [0, 0.05) is 31.3 Å². The fraction of sp³-hybridized carbons (Fsp3) is 0.438. The summed E-state index contributed by atoms with van der Waals surface area (Å²) < 4.78 is 16.3. The third-order valence-electron chi connectivity index (χ3n) is 4.16. The van der Waals surface area contributed by atoms with Crippen molar-refractivity contribution in [2.45, 2.75) is 12.8 Å². The molecule has 1 aromatic heterocycles. The molecule has 21 heavy (non-hydrogen) atoms. The summed E-state index contributed by atoms with van der Waals surface area (Å²) in [6, 6.07) is 6.02. The van der Waals surface area contributed by atoms with Crippen molar-refractivity contribution >= 4 is 16.6 Å². The zero-order chi connectivity index (χ0) is 14.1. The number of nitrogens with one attached hydrogen (secondary N) is 1. The lowest BCUT2D eigenvalue weighted by Crippen LogP contribution is -2.22. The third-order valence-corrected chi connectivity index (χ3v) is 4.16.